The third kappa shape index (κ3) is 7.96. The first-order valence-corrected chi connectivity index (χ1v) is 29.1. The van der Waals surface area contributed by atoms with Crippen molar-refractivity contribution in [1.82, 2.24) is 9.55 Å². The quantitative estimate of drug-likeness (QED) is 0.139. The lowest BCUT2D eigenvalue weighted by molar-refractivity contribution is 0.590. The SMILES string of the molecule is CC(C)(C)c1ccc2c(-c3ccc(S(c4ccccc4)(c4ccccc4)c4ccc5c(c4)-c4ccccc4C5(C)C)cc3)c3cc(C(C)(C)C)ccc3c(-c3ccc(-n4c(C5=CC=CCC5)nc5ccccc54)cc3)c2c1. The maximum atomic E-state index is 5.23. The van der Waals surface area contributed by atoms with Crippen LogP contribution in [0.1, 0.15) is 96.3 Å². The molecule has 0 N–H and O–H groups in total. The molecule has 0 unspecified atom stereocenters. The Hall–Kier alpha value is -7.98. The van der Waals surface area contributed by atoms with Crippen molar-refractivity contribution in [2.45, 2.75) is 104 Å². The van der Waals surface area contributed by atoms with Crippen LogP contribution in [0.25, 0.3) is 77.2 Å². The normalized spacial score (nSPS) is 14.5. The molecule has 1 aromatic heterocycles. The summed E-state index contributed by atoms with van der Waals surface area (Å²) >= 11 is 0. The number of hydrogen-bond acceptors (Lipinski definition) is 1. The molecule has 0 saturated carbocycles. The Bertz CT molecular complexity index is 4120. The fourth-order valence-electron chi connectivity index (χ4n) is 12.6. The lowest BCUT2D eigenvalue weighted by atomic mass is 9.79. The largest absolute Gasteiger partial charge is 0.293 e. The van der Waals surface area contributed by atoms with Crippen LogP contribution in [0.2, 0.25) is 0 Å². The topological polar surface area (TPSA) is 17.8 Å². The summed E-state index contributed by atoms with van der Waals surface area (Å²) in [5.41, 5.74) is 17.4. The van der Waals surface area contributed by atoms with Gasteiger partial charge in [0, 0.05) is 30.7 Å². The van der Waals surface area contributed by atoms with E-state index in [2.05, 4.69) is 291 Å². The average molecular weight is 1020 g/mol. The van der Waals surface area contributed by atoms with Gasteiger partial charge in [-0.25, -0.2) is 4.98 Å². The molecule has 0 atom stereocenters. The highest BCUT2D eigenvalue weighted by atomic mass is 32.3. The van der Waals surface area contributed by atoms with E-state index in [1.54, 1.807) is 0 Å². The van der Waals surface area contributed by atoms with Crippen LogP contribution in [-0.4, -0.2) is 9.55 Å². The molecule has 10 aromatic carbocycles. The molecule has 13 rings (SSSR count). The van der Waals surface area contributed by atoms with Crippen molar-refractivity contribution in [2.24, 2.45) is 0 Å². The lowest BCUT2D eigenvalue weighted by Crippen LogP contribution is -2.15. The minimum absolute atomic E-state index is 0.0551. The van der Waals surface area contributed by atoms with Gasteiger partial charge in [-0.15, -0.1) is 10.0 Å². The Balaban J connectivity index is 1.03. The molecular formula is C74H66N2S. The second-order valence-electron chi connectivity index (χ2n) is 23.9. The van der Waals surface area contributed by atoms with E-state index >= 15 is 0 Å². The molecule has 0 spiro atoms. The summed E-state index contributed by atoms with van der Waals surface area (Å²) < 4.78 is 2.36. The van der Waals surface area contributed by atoms with Crippen LogP contribution in [0.15, 0.2) is 250 Å². The zero-order valence-corrected chi connectivity index (χ0v) is 46.5. The number of allylic oxidation sites excluding steroid dienone is 4. The van der Waals surface area contributed by atoms with Crippen LogP contribution in [0.3, 0.4) is 0 Å². The molecule has 1 heterocycles. The number of nitrogens with zero attached hydrogens (tertiary/aromatic N) is 2. The van der Waals surface area contributed by atoms with Gasteiger partial charge in [-0.3, -0.25) is 4.57 Å². The van der Waals surface area contributed by atoms with E-state index in [4.69, 9.17) is 4.98 Å². The van der Waals surface area contributed by atoms with Gasteiger partial charge in [0.1, 0.15) is 5.82 Å². The van der Waals surface area contributed by atoms with Gasteiger partial charge in [0.05, 0.1) is 11.0 Å². The predicted octanol–water partition coefficient (Wildman–Crippen LogP) is 20.6. The first-order valence-electron chi connectivity index (χ1n) is 27.5. The van der Waals surface area contributed by atoms with E-state index < -0.39 is 10.0 Å². The number of imidazole rings is 1. The summed E-state index contributed by atoms with van der Waals surface area (Å²) in [7, 11) is -2.00. The van der Waals surface area contributed by atoms with Gasteiger partial charge < -0.3 is 0 Å². The summed E-state index contributed by atoms with van der Waals surface area (Å²) in [6, 6.07) is 81.3. The first-order chi connectivity index (χ1) is 37.2. The van der Waals surface area contributed by atoms with Crippen molar-refractivity contribution in [1.29, 1.82) is 0 Å². The minimum atomic E-state index is -2.00. The minimum Gasteiger partial charge on any atom is -0.293 e. The molecule has 0 bridgehead atoms. The Morgan fingerprint density at radius 2 is 0.987 bits per heavy atom. The molecule has 0 saturated heterocycles. The standard InChI is InChI=1S/C74H66N2S/c1-72(2,3)52-37-44-61-63(46-52)69(49-32-38-54(39-33-49)76-68-31-21-20-30-67(68)75-71(76)51-22-12-9-13-23-51)60-43-36-53(73(4,5)6)47-64(60)70(61)50-34-40-57(41-35-50)77(55-24-14-10-15-25-55,56-26-16-11-17-27-56)58-42-45-66-62(48-58)59-28-18-19-29-65(59)74(66,7)8/h9-12,14-22,24-48H,13,23H2,1-8H3. The van der Waals surface area contributed by atoms with Crippen molar-refractivity contribution in [3.63, 3.8) is 0 Å². The van der Waals surface area contributed by atoms with E-state index in [-0.39, 0.29) is 16.2 Å². The molecule has 11 aromatic rings. The van der Waals surface area contributed by atoms with Gasteiger partial charge in [-0.05, 0) is 191 Å². The number of para-hydroxylation sites is 2. The van der Waals surface area contributed by atoms with Crippen LogP contribution in [0.4, 0.5) is 0 Å². The van der Waals surface area contributed by atoms with Gasteiger partial charge >= 0.3 is 0 Å². The van der Waals surface area contributed by atoms with E-state index in [0.717, 1.165) is 35.4 Å². The number of aromatic nitrogens is 2. The van der Waals surface area contributed by atoms with Crippen LogP contribution >= 0.6 is 10.0 Å². The smallest absolute Gasteiger partial charge is 0.141 e. The van der Waals surface area contributed by atoms with Crippen LogP contribution < -0.4 is 0 Å². The number of hydrogen-bond donors (Lipinski definition) is 0. The molecule has 2 aliphatic rings. The van der Waals surface area contributed by atoms with Crippen molar-refractivity contribution in [3.8, 4) is 39.1 Å². The summed E-state index contributed by atoms with van der Waals surface area (Å²) in [6.07, 6.45) is 8.65. The molecule has 0 amide bonds. The van der Waals surface area contributed by atoms with E-state index in [0.29, 0.717) is 0 Å². The molecule has 0 aliphatic heterocycles. The molecule has 378 valence electrons. The van der Waals surface area contributed by atoms with Gasteiger partial charge in [0.2, 0.25) is 0 Å². The van der Waals surface area contributed by atoms with Crippen molar-refractivity contribution in [3.05, 3.63) is 259 Å². The predicted molar refractivity (Wildman–Crippen MR) is 328 cm³/mol. The van der Waals surface area contributed by atoms with Crippen molar-refractivity contribution >= 4 is 48.2 Å². The highest BCUT2D eigenvalue weighted by Crippen LogP contribution is 2.74. The highest BCUT2D eigenvalue weighted by molar-refractivity contribution is 8.34. The fourth-order valence-corrected chi connectivity index (χ4v) is 16.5. The number of rotatable bonds is 8. The third-order valence-electron chi connectivity index (χ3n) is 16.7. The summed E-state index contributed by atoms with van der Waals surface area (Å²) in [6.45, 7) is 18.8. The highest BCUT2D eigenvalue weighted by Gasteiger charge is 2.39. The molecule has 2 nitrogen and oxygen atoms in total. The zero-order valence-electron chi connectivity index (χ0n) is 45.7. The molecule has 77 heavy (non-hydrogen) atoms. The van der Waals surface area contributed by atoms with E-state index in [1.807, 2.05) is 0 Å². The Kier molecular flexibility index (Phi) is 11.6. The van der Waals surface area contributed by atoms with Gasteiger partial charge in [-0.1, -0.05) is 201 Å². The first kappa shape index (κ1) is 48.6. The maximum Gasteiger partial charge on any atom is 0.141 e. The summed E-state index contributed by atoms with van der Waals surface area (Å²) in [5.74, 6) is 1.02. The summed E-state index contributed by atoms with van der Waals surface area (Å²) in [4.78, 5) is 10.5. The van der Waals surface area contributed by atoms with Gasteiger partial charge in [-0.2, -0.15) is 0 Å². The van der Waals surface area contributed by atoms with E-state index in [9.17, 15) is 0 Å². The van der Waals surface area contributed by atoms with Gasteiger partial charge in [0.15, 0.2) is 0 Å². The number of benzene rings is 10. The third-order valence-corrected chi connectivity index (χ3v) is 20.6. The second kappa shape index (κ2) is 18.4. The lowest BCUT2D eigenvalue weighted by Gasteiger charge is -2.42. The molecule has 2 aliphatic carbocycles. The van der Waals surface area contributed by atoms with Crippen LogP contribution in [-0.2, 0) is 16.2 Å². The van der Waals surface area contributed by atoms with Crippen LogP contribution in [0.5, 0.6) is 0 Å². The number of fused-ring (bicyclic) bond motifs is 6. The van der Waals surface area contributed by atoms with Crippen LogP contribution in [0, 0.1) is 0 Å². The fraction of sp³-hybridized carbons (Fsp3) is 0.176. The molecular weight excluding hydrogens is 949 g/mol. The van der Waals surface area contributed by atoms with Gasteiger partial charge in [0.25, 0.3) is 0 Å². The maximum absolute atomic E-state index is 5.23. The average Bonchev–Trinajstić information content (AvgIpc) is 4.09. The molecule has 0 fully saturated rings. The Morgan fingerprint density at radius 3 is 1.57 bits per heavy atom. The molecule has 0 radical (unpaired) electrons. The Labute approximate surface area is 456 Å². The molecule has 3 heteroatoms. The monoisotopic (exact) mass is 1010 g/mol. The zero-order chi connectivity index (χ0) is 52.8. The van der Waals surface area contributed by atoms with Crippen molar-refractivity contribution in [2.75, 3.05) is 0 Å². The Morgan fingerprint density at radius 1 is 0.468 bits per heavy atom. The second-order valence-corrected chi connectivity index (χ2v) is 27.0. The van der Waals surface area contributed by atoms with E-state index in [1.165, 1.54) is 102 Å². The summed E-state index contributed by atoms with van der Waals surface area (Å²) in [5, 5.41) is 5.05. The van der Waals surface area contributed by atoms with Crippen molar-refractivity contribution < 1.29 is 0 Å².